The Labute approximate surface area is 166 Å². The molecule has 0 saturated carbocycles. The molecule has 4 bridgehead atoms. The summed E-state index contributed by atoms with van der Waals surface area (Å²) < 4.78 is 12.3. The highest BCUT2D eigenvalue weighted by Crippen LogP contribution is 2.58. The van der Waals surface area contributed by atoms with Crippen molar-refractivity contribution in [2.75, 3.05) is 26.2 Å². The highest BCUT2D eigenvalue weighted by molar-refractivity contribution is 5.69. The van der Waals surface area contributed by atoms with E-state index < -0.39 is 23.6 Å². The molecule has 28 heavy (non-hydrogen) atoms. The van der Waals surface area contributed by atoms with Crippen LogP contribution in [-0.2, 0) is 19.1 Å². The summed E-state index contributed by atoms with van der Waals surface area (Å²) in [7, 11) is 0. The van der Waals surface area contributed by atoms with E-state index >= 15 is 0 Å². The fourth-order valence-corrected chi connectivity index (χ4v) is 5.30. The molecular weight excluding hydrogens is 360 g/mol. The molecule has 4 aliphatic heterocycles. The lowest BCUT2D eigenvalue weighted by Gasteiger charge is -2.46. The predicted octanol–water partition coefficient (Wildman–Crippen LogP) is 1.97. The Hall–Kier alpha value is -2.38. The summed E-state index contributed by atoms with van der Waals surface area (Å²) in [6.07, 6.45) is 5.90. The molecule has 0 aromatic carbocycles. The monoisotopic (exact) mass is 390 g/mol. The summed E-state index contributed by atoms with van der Waals surface area (Å²) in [4.78, 5) is 32.9. The van der Waals surface area contributed by atoms with E-state index in [1.807, 2.05) is 19.6 Å². The molecule has 0 radical (unpaired) electrons. The van der Waals surface area contributed by atoms with E-state index in [9.17, 15) is 9.59 Å². The first-order valence-electron chi connectivity index (χ1n) is 10.2. The van der Waals surface area contributed by atoms with Crippen molar-refractivity contribution in [1.82, 2.24) is 19.6 Å². The molecule has 0 aliphatic carbocycles. The Morgan fingerprint density at radius 1 is 0.679 bits per heavy atom. The molecule has 0 spiro atoms. The zero-order chi connectivity index (χ0) is 20.1. The third-order valence-corrected chi connectivity index (χ3v) is 6.23. The number of fused-ring (bicyclic) bond motifs is 9. The van der Waals surface area contributed by atoms with E-state index in [2.05, 4.69) is 13.2 Å². The summed E-state index contributed by atoms with van der Waals surface area (Å²) in [5, 5.41) is 0. The Kier molecular flexibility index (Phi) is 4.47. The SMILES string of the molecule is C=C1N2CCCCCN1[C@]1(OC(C)=O)N3CCCCCN(C3=C)[C@]21OC(C)=O. The van der Waals surface area contributed by atoms with Crippen LogP contribution >= 0.6 is 0 Å². The third kappa shape index (κ3) is 2.29. The van der Waals surface area contributed by atoms with Crippen molar-refractivity contribution in [3.8, 4) is 0 Å². The fraction of sp³-hybridized carbons (Fsp3) is 0.700. The van der Waals surface area contributed by atoms with Crippen LogP contribution in [0.25, 0.3) is 0 Å². The largest absolute Gasteiger partial charge is 0.412 e. The van der Waals surface area contributed by atoms with Gasteiger partial charge in [0.15, 0.2) is 0 Å². The average Bonchev–Trinajstić information content (AvgIpc) is 2.92. The van der Waals surface area contributed by atoms with Crippen molar-refractivity contribution in [3.63, 3.8) is 0 Å². The molecule has 4 heterocycles. The third-order valence-electron chi connectivity index (χ3n) is 6.23. The quantitative estimate of drug-likeness (QED) is 0.663. The van der Waals surface area contributed by atoms with Gasteiger partial charge in [-0.15, -0.1) is 0 Å². The molecule has 0 unspecified atom stereocenters. The van der Waals surface area contributed by atoms with Crippen LogP contribution in [0.2, 0.25) is 0 Å². The number of ether oxygens (including phenoxy) is 2. The smallest absolute Gasteiger partial charge is 0.352 e. The molecule has 0 atom stereocenters. The second kappa shape index (κ2) is 6.60. The first-order chi connectivity index (χ1) is 13.4. The van der Waals surface area contributed by atoms with E-state index in [0.717, 1.165) is 50.2 Å². The van der Waals surface area contributed by atoms with Gasteiger partial charge >= 0.3 is 23.6 Å². The lowest BCUT2D eigenvalue weighted by Crippen LogP contribution is -2.71. The summed E-state index contributed by atoms with van der Waals surface area (Å²) in [6.45, 7) is 14.1. The second-order valence-electron chi connectivity index (χ2n) is 7.96. The molecule has 4 saturated heterocycles. The molecule has 0 aromatic rings. The topological polar surface area (TPSA) is 65.6 Å². The molecule has 4 rings (SSSR count). The number of hydrogen-bond acceptors (Lipinski definition) is 8. The summed E-state index contributed by atoms with van der Waals surface area (Å²) in [5.74, 6) is -2.01. The zero-order valence-electron chi connectivity index (χ0n) is 16.9. The standard InChI is InChI=1S/C20H30N4O4/c1-15-21-11-7-5-8-12-22(15)20(28-18(4)26)19(21,27-17(3)25)23-13-9-6-10-14-24(20)16(23)2/h1-2,5-14H2,3-4H3/t19-,20+. The minimum Gasteiger partial charge on any atom is -0.412 e. The Morgan fingerprint density at radius 2 is 0.964 bits per heavy atom. The van der Waals surface area contributed by atoms with Gasteiger partial charge in [-0.1, -0.05) is 13.2 Å². The van der Waals surface area contributed by atoms with E-state index in [4.69, 9.17) is 9.47 Å². The van der Waals surface area contributed by atoms with Crippen molar-refractivity contribution in [2.45, 2.75) is 64.1 Å². The van der Waals surface area contributed by atoms with Gasteiger partial charge in [0.2, 0.25) is 0 Å². The van der Waals surface area contributed by atoms with Crippen LogP contribution in [0, 0.1) is 0 Å². The van der Waals surface area contributed by atoms with E-state index in [0.29, 0.717) is 26.2 Å². The average molecular weight is 390 g/mol. The van der Waals surface area contributed by atoms with Gasteiger partial charge in [0.25, 0.3) is 0 Å². The first-order valence-corrected chi connectivity index (χ1v) is 10.2. The van der Waals surface area contributed by atoms with Crippen LogP contribution in [-0.4, -0.2) is 69.4 Å². The number of nitrogens with zero attached hydrogens (tertiary/aromatic N) is 4. The van der Waals surface area contributed by atoms with Crippen molar-refractivity contribution >= 4 is 11.9 Å². The Morgan fingerprint density at radius 3 is 1.21 bits per heavy atom. The number of carbonyl (C=O) groups is 2. The number of carbonyl (C=O) groups excluding carboxylic acids is 2. The van der Waals surface area contributed by atoms with Gasteiger partial charge in [-0.2, -0.15) is 0 Å². The molecule has 4 fully saturated rings. The fourth-order valence-electron chi connectivity index (χ4n) is 5.30. The zero-order valence-corrected chi connectivity index (χ0v) is 16.9. The van der Waals surface area contributed by atoms with E-state index in [-0.39, 0.29) is 0 Å². The van der Waals surface area contributed by atoms with Crippen molar-refractivity contribution < 1.29 is 19.1 Å². The van der Waals surface area contributed by atoms with Crippen LogP contribution in [0.5, 0.6) is 0 Å². The maximum atomic E-state index is 12.4. The summed E-state index contributed by atoms with van der Waals surface area (Å²) in [5.41, 5.74) is 0. The van der Waals surface area contributed by atoms with Gasteiger partial charge in [0.1, 0.15) is 11.6 Å². The minimum absolute atomic E-state index is 0.422. The molecular formula is C20H30N4O4. The van der Waals surface area contributed by atoms with Crippen molar-refractivity contribution in [2.24, 2.45) is 0 Å². The Bertz CT molecular complexity index is 629. The lowest BCUT2D eigenvalue weighted by atomic mass is 10.2. The molecule has 154 valence electrons. The minimum atomic E-state index is -1.31. The van der Waals surface area contributed by atoms with Crippen molar-refractivity contribution in [3.05, 3.63) is 24.8 Å². The number of esters is 2. The molecule has 4 aliphatic rings. The van der Waals surface area contributed by atoms with Crippen molar-refractivity contribution in [1.29, 1.82) is 0 Å². The second-order valence-corrected chi connectivity index (χ2v) is 7.96. The van der Waals surface area contributed by atoms with Gasteiger partial charge < -0.3 is 9.47 Å². The van der Waals surface area contributed by atoms with Gasteiger partial charge in [-0.3, -0.25) is 29.2 Å². The molecule has 8 heteroatoms. The normalized spacial score (nSPS) is 32.4. The van der Waals surface area contributed by atoms with Crippen LogP contribution < -0.4 is 0 Å². The van der Waals surface area contributed by atoms with Gasteiger partial charge in [0.05, 0.1) is 0 Å². The maximum absolute atomic E-state index is 12.4. The summed E-state index contributed by atoms with van der Waals surface area (Å²) >= 11 is 0. The van der Waals surface area contributed by atoms with Gasteiger partial charge in [-0.05, 0) is 38.5 Å². The summed E-state index contributed by atoms with van der Waals surface area (Å²) in [6, 6.07) is 0. The van der Waals surface area contributed by atoms with E-state index in [1.54, 1.807) is 0 Å². The van der Waals surface area contributed by atoms with Crippen LogP contribution in [0.15, 0.2) is 24.8 Å². The van der Waals surface area contributed by atoms with Crippen LogP contribution in [0.1, 0.15) is 52.4 Å². The van der Waals surface area contributed by atoms with E-state index in [1.165, 1.54) is 13.8 Å². The lowest BCUT2D eigenvalue weighted by molar-refractivity contribution is -0.307. The number of hydrogen-bond donors (Lipinski definition) is 0. The van der Waals surface area contributed by atoms with Gasteiger partial charge in [-0.25, -0.2) is 0 Å². The van der Waals surface area contributed by atoms with Crippen LogP contribution in [0.4, 0.5) is 0 Å². The molecule has 0 amide bonds. The first kappa shape index (κ1) is 19.0. The Balaban J connectivity index is 2.01. The maximum Gasteiger partial charge on any atom is 0.352 e. The highest BCUT2D eigenvalue weighted by atomic mass is 16.7. The predicted molar refractivity (Wildman–Crippen MR) is 102 cm³/mol. The molecule has 8 nitrogen and oxygen atoms in total. The molecule has 0 N–H and O–H groups in total. The van der Waals surface area contributed by atoms with Gasteiger partial charge in [0, 0.05) is 40.0 Å². The number of rotatable bonds is 2. The van der Waals surface area contributed by atoms with Crippen LogP contribution in [0.3, 0.4) is 0 Å². The highest BCUT2D eigenvalue weighted by Gasteiger charge is 2.81. The molecule has 0 aromatic heterocycles.